The second-order valence-corrected chi connectivity index (χ2v) is 3.07. The van der Waals surface area contributed by atoms with Crippen molar-refractivity contribution in [3.05, 3.63) is 0 Å². The Bertz CT molecular complexity index is 77.6. The predicted octanol–water partition coefficient (Wildman–Crippen LogP) is 1.78. The van der Waals surface area contributed by atoms with Crippen LogP contribution in [-0.4, -0.2) is 30.6 Å². The molecule has 0 bridgehead atoms. The van der Waals surface area contributed by atoms with E-state index in [0.29, 0.717) is 0 Å². The van der Waals surface area contributed by atoms with Gasteiger partial charge in [-0.2, -0.15) is 0 Å². The van der Waals surface area contributed by atoms with Crippen LogP contribution in [0.2, 0.25) is 0 Å². The molecule has 0 fully saturated rings. The average Bonchev–Trinajstić information content (AvgIpc) is 1.98. The zero-order valence-corrected chi connectivity index (χ0v) is 8.06. The minimum atomic E-state index is 0.116. The average molecular weight is 157 g/mol. The van der Waals surface area contributed by atoms with Crippen molar-refractivity contribution >= 4 is 0 Å². The van der Waals surface area contributed by atoms with Crippen molar-refractivity contribution in [1.29, 1.82) is 0 Å². The van der Waals surface area contributed by atoms with Gasteiger partial charge in [0.15, 0.2) is 0 Å². The fraction of sp³-hybridized carbons (Fsp3) is 1.00. The van der Waals surface area contributed by atoms with Crippen LogP contribution in [-0.2, 0) is 0 Å². The molecule has 0 aromatic rings. The zero-order valence-electron chi connectivity index (χ0n) is 8.06. The van der Waals surface area contributed by atoms with E-state index in [0.717, 1.165) is 26.1 Å². The van der Waals surface area contributed by atoms with Crippen molar-refractivity contribution in [3.8, 4) is 0 Å². The normalized spacial score (nSPS) is 13.9. The summed E-state index contributed by atoms with van der Waals surface area (Å²) in [4.78, 5) is 2.41. The molecule has 0 saturated heterocycles. The van der Waals surface area contributed by atoms with Crippen LogP contribution in [0.1, 0.15) is 33.6 Å². The summed E-state index contributed by atoms with van der Waals surface area (Å²) in [6, 6.07) is 0.116. The van der Waals surface area contributed by atoms with E-state index in [1.54, 1.807) is 0 Å². The lowest BCUT2D eigenvalue weighted by Crippen LogP contribution is -2.24. The molecule has 0 aliphatic heterocycles. The molecule has 0 rings (SSSR count). The Morgan fingerprint density at radius 2 is 1.82 bits per heavy atom. The Morgan fingerprint density at radius 1 is 1.27 bits per heavy atom. The van der Waals surface area contributed by atoms with Gasteiger partial charge in [-0.15, -0.1) is 0 Å². The van der Waals surface area contributed by atoms with E-state index in [1.807, 2.05) is 6.92 Å². The molecule has 2 nitrogen and oxygen atoms in total. The van der Waals surface area contributed by atoms with Gasteiger partial charge in [0.2, 0.25) is 0 Å². The standard InChI is InChI=1S/C9H21N2/c1-4-11(5-2)8-6-7-9(3)10/h9-10H,4-8H2,1-3H3. The highest BCUT2D eigenvalue weighted by atomic mass is 15.1. The fourth-order valence-corrected chi connectivity index (χ4v) is 1.16. The number of hydrogen-bond acceptors (Lipinski definition) is 1. The van der Waals surface area contributed by atoms with Gasteiger partial charge < -0.3 is 4.90 Å². The summed E-state index contributed by atoms with van der Waals surface area (Å²) in [5, 5.41) is 0. The van der Waals surface area contributed by atoms with E-state index >= 15 is 0 Å². The van der Waals surface area contributed by atoms with Gasteiger partial charge in [-0.3, -0.25) is 5.73 Å². The molecular formula is C9H21N2. The first-order valence-corrected chi connectivity index (χ1v) is 4.64. The molecular weight excluding hydrogens is 136 g/mol. The molecule has 0 aromatic carbocycles. The molecule has 0 heterocycles. The minimum absolute atomic E-state index is 0.116. The molecule has 0 saturated carbocycles. The highest BCUT2D eigenvalue weighted by molar-refractivity contribution is 4.56. The Balaban J connectivity index is 3.21. The van der Waals surface area contributed by atoms with Crippen molar-refractivity contribution in [1.82, 2.24) is 10.6 Å². The molecule has 11 heavy (non-hydrogen) atoms. The number of rotatable bonds is 6. The van der Waals surface area contributed by atoms with E-state index in [4.69, 9.17) is 5.73 Å². The molecule has 0 amide bonds. The number of hydrogen-bond donors (Lipinski definition) is 0. The third kappa shape index (κ3) is 6.32. The fourth-order valence-electron chi connectivity index (χ4n) is 1.16. The molecule has 0 aromatic heterocycles. The van der Waals surface area contributed by atoms with Crippen LogP contribution in [0.15, 0.2) is 0 Å². The Morgan fingerprint density at radius 3 is 2.18 bits per heavy atom. The van der Waals surface area contributed by atoms with Gasteiger partial charge in [0, 0.05) is 6.04 Å². The highest BCUT2D eigenvalue weighted by Crippen LogP contribution is 1.97. The summed E-state index contributed by atoms with van der Waals surface area (Å²) in [5.74, 6) is 0. The summed E-state index contributed by atoms with van der Waals surface area (Å²) in [6.07, 6.45) is 2.21. The van der Waals surface area contributed by atoms with E-state index in [-0.39, 0.29) is 6.04 Å². The smallest absolute Gasteiger partial charge is 0.0185 e. The van der Waals surface area contributed by atoms with Crippen LogP contribution in [0, 0.1) is 0 Å². The maximum absolute atomic E-state index is 7.32. The van der Waals surface area contributed by atoms with Crippen LogP contribution in [0.25, 0.3) is 0 Å². The largest absolute Gasteiger partial charge is 0.304 e. The Hall–Kier alpha value is -0.0800. The van der Waals surface area contributed by atoms with Gasteiger partial charge in [0.05, 0.1) is 0 Å². The lowest BCUT2D eigenvalue weighted by molar-refractivity contribution is 0.293. The van der Waals surface area contributed by atoms with Gasteiger partial charge in [-0.1, -0.05) is 13.8 Å². The third-order valence-electron chi connectivity index (χ3n) is 2.01. The first-order valence-electron chi connectivity index (χ1n) is 4.64. The third-order valence-corrected chi connectivity index (χ3v) is 2.01. The first-order chi connectivity index (χ1) is 5.20. The van der Waals surface area contributed by atoms with E-state index in [9.17, 15) is 0 Å². The quantitative estimate of drug-likeness (QED) is 0.577. The Labute approximate surface area is 70.8 Å². The summed E-state index contributed by atoms with van der Waals surface area (Å²) < 4.78 is 0. The van der Waals surface area contributed by atoms with E-state index < -0.39 is 0 Å². The van der Waals surface area contributed by atoms with Crippen LogP contribution in [0.5, 0.6) is 0 Å². The highest BCUT2D eigenvalue weighted by Gasteiger charge is 1.99. The van der Waals surface area contributed by atoms with Gasteiger partial charge in [-0.25, -0.2) is 0 Å². The molecule has 1 unspecified atom stereocenters. The van der Waals surface area contributed by atoms with Gasteiger partial charge >= 0.3 is 0 Å². The van der Waals surface area contributed by atoms with Crippen LogP contribution in [0.3, 0.4) is 0 Å². The van der Waals surface area contributed by atoms with Crippen LogP contribution in [0.4, 0.5) is 0 Å². The van der Waals surface area contributed by atoms with Crippen molar-refractivity contribution in [2.24, 2.45) is 0 Å². The number of nitrogens with zero attached hydrogens (tertiary/aromatic N) is 1. The molecule has 0 spiro atoms. The Kier molecular flexibility index (Phi) is 6.57. The predicted molar refractivity (Wildman–Crippen MR) is 49.6 cm³/mol. The molecule has 2 heteroatoms. The lowest BCUT2D eigenvalue weighted by Gasteiger charge is -2.17. The molecule has 1 radical (unpaired) electrons. The van der Waals surface area contributed by atoms with Crippen molar-refractivity contribution in [3.63, 3.8) is 0 Å². The van der Waals surface area contributed by atoms with Gasteiger partial charge in [-0.05, 0) is 39.4 Å². The summed E-state index contributed by atoms with van der Waals surface area (Å²) >= 11 is 0. The minimum Gasteiger partial charge on any atom is -0.304 e. The SMILES string of the molecule is CCN(CC)CCCC(C)[NH]. The summed E-state index contributed by atoms with van der Waals surface area (Å²) in [7, 11) is 0. The van der Waals surface area contributed by atoms with Gasteiger partial charge in [0.25, 0.3) is 0 Å². The second kappa shape index (κ2) is 6.62. The monoisotopic (exact) mass is 157 g/mol. The molecule has 1 N–H and O–H groups in total. The molecule has 1 atom stereocenters. The van der Waals surface area contributed by atoms with E-state index in [2.05, 4.69) is 18.7 Å². The topological polar surface area (TPSA) is 27.0 Å². The van der Waals surface area contributed by atoms with Crippen molar-refractivity contribution in [2.75, 3.05) is 19.6 Å². The zero-order chi connectivity index (χ0) is 8.69. The maximum Gasteiger partial charge on any atom is 0.0185 e. The van der Waals surface area contributed by atoms with Crippen LogP contribution < -0.4 is 5.73 Å². The summed E-state index contributed by atoms with van der Waals surface area (Å²) in [5.41, 5.74) is 7.32. The maximum atomic E-state index is 7.32. The molecule has 0 aliphatic carbocycles. The molecule has 0 aliphatic rings. The van der Waals surface area contributed by atoms with E-state index in [1.165, 1.54) is 6.42 Å². The second-order valence-electron chi connectivity index (χ2n) is 3.07. The number of nitrogens with one attached hydrogen (secondary N) is 1. The summed E-state index contributed by atoms with van der Waals surface area (Å²) in [6.45, 7) is 9.78. The van der Waals surface area contributed by atoms with Gasteiger partial charge in [0.1, 0.15) is 0 Å². The molecule has 67 valence electrons. The van der Waals surface area contributed by atoms with Crippen LogP contribution >= 0.6 is 0 Å². The van der Waals surface area contributed by atoms with Crippen molar-refractivity contribution in [2.45, 2.75) is 39.7 Å². The van der Waals surface area contributed by atoms with Crippen molar-refractivity contribution < 1.29 is 0 Å². The lowest BCUT2D eigenvalue weighted by atomic mass is 10.2. The first kappa shape index (κ1) is 10.9.